The Morgan fingerprint density at radius 1 is 1.17 bits per heavy atom. The number of aryl methyl sites for hydroxylation is 3. The van der Waals surface area contributed by atoms with Crippen LogP contribution in [0.3, 0.4) is 0 Å². The van der Waals surface area contributed by atoms with Crippen LogP contribution in [0.25, 0.3) is 5.69 Å². The zero-order valence-corrected chi connectivity index (χ0v) is 17.7. The van der Waals surface area contributed by atoms with Crippen LogP contribution in [-0.4, -0.2) is 49.4 Å². The molecule has 0 spiro atoms. The molecule has 8 heteroatoms. The molecule has 30 heavy (non-hydrogen) atoms. The Hall–Kier alpha value is -3.42. The number of rotatable bonds is 4. The Kier molecular flexibility index (Phi) is 5.15. The third kappa shape index (κ3) is 3.72. The van der Waals surface area contributed by atoms with Crippen molar-refractivity contribution >= 4 is 17.5 Å². The number of aromatic nitrogens is 4. The molecule has 3 heterocycles. The second kappa shape index (κ2) is 7.78. The molecule has 1 saturated heterocycles. The second-order valence-corrected chi connectivity index (χ2v) is 7.88. The van der Waals surface area contributed by atoms with Crippen molar-refractivity contribution in [1.82, 2.24) is 24.5 Å². The summed E-state index contributed by atoms with van der Waals surface area (Å²) in [5.41, 5.74) is 5.01. The van der Waals surface area contributed by atoms with Crippen molar-refractivity contribution in [3.05, 3.63) is 59.2 Å². The third-order valence-electron chi connectivity index (χ3n) is 5.69. The lowest BCUT2D eigenvalue weighted by Gasteiger charge is -2.17. The first-order chi connectivity index (χ1) is 14.3. The van der Waals surface area contributed by atoms with Gasteiger partial charge in [0.25, 0.3) is 5.91 Å². The molecule has 156 valence electrons. The van der Waals surface area contributed by atoms with Crippen molar-refractivity contribution < 1.29 is 9.59 Å². The largest absolute Gasteiger partial charge is 0.338 e. The number of nitrogens with zero attached hydrogens (tertiary/aromatic N) is 5. The van der Waals surface area contributed by atoms with E-state index in [2.05, 4.69) is 15.5 Å². The van der Waals surface area contributed by atoms with Gasteiger partial charge in [-0.05, 0) is 51.5 Å². The molecule has 1 aromatic carbocycles. The lowest BCUT2D eigenvalue weighted by atomic mass is 10.1. The van der Waals surface area contributed by atoms with E-state index in [1.54, 1.807) is 15.8 Å². The number of carbonyl (C=O) groups excluding carboxylic acids is 2. The predicted octanol–water partition coefficient (Wildman–Crippen LogP) is 2.63. The van der Waals surface area contributed by atoms with Crippen molar-refractivity contribution in [2.24, 2.45) is 13.0 Å². The fraction of sp³-hybridized carbons (Fsp3) is 0.364. The first-order valence-electron chi connectivity index (χ1n) is 10.1. The molecule has 2 aromatic heterocycles. The lowest BCUT2D eigenvalue weighted by Crippen LogP contribution is -2.31. The van der Waals surface area contributed by atoms with Gasteiger partial charge in [-0.1, -0.05) is 6.07 Å². The molecule has 0 radical (unpaired) electrons. The maximum absolute atomic E-state index is 13.1. The fourth-order valence-corrected chi connectivity index (χ4v) is 3.86. The summed E-state index contributed by atoms with van der Waals surface area (Å²) < 4.78 is 3.55. The standard InChI is InChI=1S/C22H26N6O2/c1-14-10-15(2)28(25-14)19-7-5-6-17(11-19)22(30)27-9-8-18(13-27)21(29)24-20-12-23-26(4)16(20)3/h5-7,10-12,18H,8-9,13H2,1-4H3,(H,24,29). The Morgan fingerprint density at radius 3 is 2.63 bits per heavy atom. The van der Waals surface area contributed by atoms with Gasteiger partial charge in [-0.3, -0.25) is 14.3 Å². The Labute approximate surface area is 175 Å². The number of amides is 2. The van der Waals surface area contributed by atoms with E-state index in [1.165, 1.54) is 0 Å². The second-order valence-electron chi connectivity index (χ2n) is 7.88. The zero-order valence-electron chi connectivity index (χ0n) is 17.7. The average molecular weight is 406 g/mol. The molecule has 1 N–H and O–H groups in total. The van der Waals surface area contributed by atoms with Crippen LogP contribution in [0, 0.1) is 26.7 Å². The van der Waals surface area contributed by atoms with E-state index in [9.17, 15) is 9.59 Å². The van der Waals surface area contributed by atoms with Crippen molar-refractivity contribution in [2.45, 2.75) is 27.2 Å². The van der Waals surface area contributed by atoms with E-state index in [1.807, 2.05) is 62.8 Å². The summed E-state index contributed by atoms with van der Waals surface area (Å²) in [6.45, 7) is 6.81. The molecular formula is C22H26N6O2. The molecule has 0 bridgehead atoms. The lowest BCUT2D eigenvalue weighted by molar-refractivity contribution is -0.119. The van der Waals surface area contributed by atoms with Gasteiger partial charge in [0.1, 0.15) is 0 Å². The van der Waals surface area contributed by atoms with Crippen molar-refractivity contribution in [1.29, 1.82) is 0 Å². The molecular weight excluding hydrogens is 380 g/mol. The predicted molar refractivity (Wildman–Crippen MR) is 114 cm³/mol. The maximum Gasteiger partial charge on any atom is 0.253 e. The number of benzene rings is 1. The van der Waals surface area contributed by atoms with E-state index in [-0.39, 0.29) is 17.7 Å². The van der Waals surface area contributed by atoms with Gasteiger partial charge in [0.05, 0.1) is 34.9 Å². The monoisotopic (exact) mass is 406 g/mol. The van der Waals surface area contributed by atoms with Gasteiger partial charge in [-0.2, -0.15) is 10.2 Å². The smallest absolute Gasteiger partial charge is 0.253 e. The van der Waals surface area contributed by atoms with Gasteiger partial charge in [0, 0.05) is 31.4 Å². The van der Waals surface area contributed by atoms with E-state index < -0.39 is 0 Å². The first-order valence-corrected chi connectivity index (χ1v) is 10.1. The minimum absolute atomic E-state index is 0.0637. The van der Waals surface area contributed by atoms with E-state index in [0.29, 0.717) is 30.8 Å². The molecule has 3 aromatic rings. The summed E-state index contributed by atoms with van der Waals surface area (Å²) in [7, 11) is 1.83. The Balaban J connectivity index is 1.45. The molecule has 1 aliphatic heterocycles. The van der Waals surface area contributed by atoms with Gasteiger partial charge < -0.3 is 10.2 Å². The van der Waals surface area contributed by atoms with Gasteiger partial charge >= 0.3 is 0 Å². The summed E-state index contributed by atoms with van der Waals surface area (Å²) in [4.78, 5) is 27.5. The summed E-state index contributed by atoms with van der Waals surface area (Å²) in [6, 6.07) is 9.47. The van der Waals surface area contributed by atoms with Crippen LogP contribution >= 0.6 is 0 Å². The molecule has 1 atom stereocenters. The normalized spacial score (nSPS) is 16.1. The number of anilines is 1. The Bertz CT molecular complexity index is 1110. The topological polar surface area (TPSA) is 85.0 Å². The van der Waals surface area contributed by atoms with Crippen LogP contribution in [0.2, 0.25) is 0 Å². The van der Waals surface area contributed by atoms with Crippen LogP contribution in [0.1, 0.15) is 33.9 Å². The molecule has 0 aliphatic carbocycles. The molecule has 8 nitrogen and oxygen atoms in total. The highest BCUT2D eigenvalue weighted by molar-refractivity contribution is 5.97. The molecule has 2 amide bonds. The first kappa shape index (κ1) is 19.9. The van der Waals surface area contributed by atoms with Crippen LogP contribution in [-0.2, 0) is 11.8 Å². The van der Waals surface area contributed by atoms with E-state index >= 15 is 0 Å². The highest BCUT2D eigenvalue weighted by Crippen LogP contribution is 2.23. The van der Waals surface area contributed by atoms with E-state index in [0.717, 1.165) is 22.8 Å². The maximum atomic E-state index is 13.1. The summed E-state index contributed by atoms with van der Waals surface area (Å²) >= 11 is 0. The van der Waals surface area contributed by atoms with Crippen LogP contribution in [0.4, 0.5) is 5.69 Å². The SMILES string of the molecule is Cc1cc(C)n(-c2cccc(C(=O)N3CCC(C(=O)Nc4cnn(C)c4C)C3)c2)n1. The number of hydrogen-bond donors (Lipinski definition) is 1. The number of hydrogen-bond acceptors (Lipinski definition) is 4. The van der Waals surface area contributed by atoms with Crippen molar-refractivity contribution in [2.75, 3.05) is 18.4 Å². The fourth-order valence-electron chi connectivity index (χ4n) is 3.86. The molecule has 0 saturated carbocycles. The van der Waals surface area contributed by atoms with Gasteiger partial charge in [0.15, 0.2) is 0 Å². The number of nitrogens with one attached hydrogen (secondary N) is 1. The number of likely N-dealkylation sites (tertiary alicyclic amines) is 1. The summed E-state index contributed by atoms with van der Waals surface area (Å²) in [5.74, 6) is -0.364. The van der Waals surface area contributed by atoms with Gasteiger partial charge in [-0.15, -0.1) is 0 Å². The molecule has 1 unspecified atom stereocenters. The van der Waals surface area contributed by atoms with Crippen LogP contribution in [0.15, 0.2) is 36.5 Å². The minimum atomic E-state index is -0.229. The van der Waals surface area contributed by atoms with Crippen LogP contribution < -0.4 is 5.32 Å². The number of carbonyl (C=O) groups is 2. The summed E-state index contributed by atoms with van der Waals surface area (Å²) in [5, 5.41) is 11.6. The van der Waals surface area contributed by atoms with Crippen LogP contribution in [0.5, 0.6) is 0 Å². The highest BCUT2D eigenvalue weighted by Gasteiger charge is 2.32. The minimum Gasteiger partial charge on any atom is -0.338 e. The quantitative estimate of drug-likeness (QED) is 0.722. The zero-order chi connectivity index (χ0) is 21.4. The molecule has 1 fully saturated rings. The van der Waals surface area contributed by atoms with Gasteiger partial charge in [0.2, 0.25) is 5.91 Å². The highest BCUT2D eigenvalue weighted by atomic mass is 16.2. The van der Waals surface area contributed by atoms with E-state index in [4.69, 9.17) is 0 Å². The summed E-state index contributed by atoms with van der Waals surface area (Å²) in [6.07, 6.45) is 2.30. The third-order valence-corrected chi connectivity index (χ3v) is 5.69. The molecule has 1 aliphatic rings. The van der Waals surface area contributed by atoms with Crippen molar-refractivity contribution in [3.63, 3.8) is 0 Å². The van der Waals surface area contributed by atoms with Gasteiger partial charge in [-0.25, -0.2) is 4.68 Å². The Morgan fingerprint density at radius 2 is 1.97 bits per heavy atom. The molecule has 4 rings (SSSR count). The van der Waals surface area contributed by atoms with Crippen molar-refractivity contribution in [3.8, 4) is 5.69 Å². The average Bonchev–Trinajstić information content (AvgIpc) is 3.43.